The van der Waals surface area contributed by atoms with Crippen LogP contribution in [0.15, 0.2) is 158 Å². The van der Waals surface area contributed by atoms with Crippen molar-refractivity contribution in [3.63, 3.8) is 0 Å². The minimum absolute atomic E-state index is 1.08. The molecule has 0 atom stereocenters. The van der Waals surface area contributed by atoms with E-state index < -0.39 is 0 Å². The predicted molar refractivity (Wildman–Crippen MR) is 183 cm³/mol. The lowest BCUT2D eigenvalue weighted by atomic mass is 9.95. The van der Waals surface area contributed by atoms with Crippen LogP contribution >= 0.6 is 11.3 Å². The first kappa shape index (κ1) is 24.6. The Balaban J connectivity index is 1.14. The summed E-state index contributed by atoms with van der Waals surface area (Å²) < 4.78 is 2.61. The quantitative estimate of drug-likeness (QED) is 0.223. The number of fused-ring (bicyclic) bond motifs is 4. The van der Waals surface area contributed by atoms with Gasteiger partial charge in [0, 0.05) is 21.2 Å². The van der Waals surface area contributed by atoms with Gasteiger partial charge in [-0.3, -0.25) is 0 Å². The highest BCUT2D eigenvalue weighted by Crippen LogP contribution is 2.43. The monoisotopic (exact) mass is 553 g/mol. The van der Waals surface area contributed by atoms with E-state index in [1.165, 1.54) is 64.3 Å². The molecule has 198 valence electrons. The van der Waals surface area contributed by atoms with Gasteiger partial charge in [-0.25, -0.2) is 0 Å². The third kappa shape index (κ3) is 4.34. The van der Waals surface area contributed by atoms with Crippen molar-refractivity contribution >= 4 is 53.7 Å². The molecular weight excluding hydrogens is 527 g/mol. The Bertz CT molecular complexity index is 2190. The van der Waals surface area contributed by atoms with E-state index in [4.69, 9.17) is 0 Å². The summed E-state index contributed by atoms with van der Waals surface area (Å²) >= 11 is 1.87. The van der Waals surface area contributed by atoms with Gasteiger partial charge in [-0.2, -0.15) is 0 Å². The van der Waals surface area contributed by atoms with Crippen molar-refractivity contribution in [1.29, 1.82) is 0 Å². The molecule has 1 heterocycles. The Morgan fingerprint density at radius 3 is 1.76 bits per heavy atom. The highest BCUT2D eigenvalue weighted by Gasteiger charge is 2.13. The molecule has 0 bridgehead atoms. The van der Waals surface area contributed by atoms with Crippen LogP contribution in [0.4, 0.5) is 11.4 Å². The van der Waals surface area contributed by atoms with E-state index in [2.05, 4.69) is 163 Å². The van der Waals surface area contributed by atoms with E-state index in [1.807, 2.05) is 11.3 Å². The fourth-order valence-electron chi connectivity index (χ4n) is 5.99. The lowest BCUT2D eigenvalue weighted by Crippen LogP contribution is -1.90. The fourth-order valence-corrected chi connectivity index (χ4v) is 7.29. The maximum absolute atomic E-state index is 3.72. The zero-order valence-electron chi connectivity index (χ0n) is 22.9. The highest BCUT2D eigenvalue weighted by atomic mass is 32.1. The second kappa shape index (κ2) is 10.3. The summed E-state index contributed by atoms with van der Waals surface area (Å²) in [4.78, 5) is 0. The summed E-state index contributed by atoms with van der Waals surface area (Å²) in [5.41, 5.74) is 9.69. The van der Waals surface area contributed by atoms with Crippen LogP contribution in [0.5, 0.6) is 0 Å². The molecule has 0 aliphatic carbocycles. The molecule has 8 aromatic rings. The predicted octanol–water partition coefficient (Wildman–Crippen LogP) is 12.0. The molecule has 0 radical (unpaired) electrons. The summed E-state index contributed by atoms with van der Waals surface area (Å²) in [5.74, 6) is 0. The number of benzene rings is 7. The van der Waals surface area contributed by atoms with Crippen LogP contribution < -0.4 is 5.32 Å². The van der Waals surface area contributed by atoms with Gasteiger partial charge in [-0.1, -0.05) is 133 Å². The van der Waals surface area contributed by atoms with Crippen molar-refractivity contribution in [2.24, 2.45) is 0 Å². The Labute approximate surface area is 249 Å². The minimum Gasteiger partial charge on any atom is -0.354 e. The van der Waals surface area contributed by atoms with Crippen molar-refractivity contribution in [1.82, 2.24) is 0 Å². The molecule has 0 spiro atoms. The SMILES string of the molecule is c1ccc(-c2cccc3ccc(-c4ccc(Nc5cccc6c5sc5c(-c7ccccc7)cccc56)cc4)cc23)cc1. The Morgan fingerprint density at radius 2 is 1.00 bits per heavy atom. The van der Waals surface area contributed by atoms with Crippen LogP contribution in [0.3, 0.4) is 0 Å². The highest BCUT2D eigenvalue weighted by molar-refractivity contribution is 7.27. The van der Waals surface area contributed by atoms with Crippen LogP contribution in [-0.4, -0.2) is 0 Å². The van der Waals surface area contributed by atoms with Crippen LogP contribution in [0.25, 0.3) is 64.3 Å². The Morgan fingerprint density at radius 1 is 0.381 bits per heavy atom. The van der Waals surface area contributed by atoms with Crippen LogP contribution in [-0.2, 0) is 0 Å². The van der Waals surface area contributed by atoms with Gasteiger partial charge < -0.3 is 5.32 Å². The molecular formula is C40H27NS. The fraction of sp³-hybridized carbons (Fsp3) is 0. The van der Waals surface area contributed by atoms with Crippen LogP contribution in [0, 0.1) is 0 Å². The molecule has 0 aliphatic rings. The number of hydrogen-bond acceptors (Lipinski definition) is 2. The molecule has 0 amide bonds. The second-order valence-electron chi connectivity index (χ2n) is 10.6. The summed E-state index contributed by atoms with van der Waals surface area (Å²) in [7, 11) is 0. The van der Waals surface area contributed by atoms with Gasteiger partial charge >= 0.3 is 0 Å². The van der Waals surface area contributed by atoms with Gasteiger partial charge in [0.25, 0.3) is 0 Å². The van der Waals surface area contributed by atoms with E-state index in [-0.39, 0.29) is 0 Å². The van der Waals surface area contributed by atoms with Gasteiger partial charge in [-0.15, -0.1) is 11.3 Å². The Kier molecular flexibility index (Phi) is 6.05. The molecule has 0 saturated heterocycles. The van der Waals surface area contributed by atoms with E-state index in [0.29, 0.717) is 0 Å². The molecule has 7 aromatic carbocycles. The van der Waals surface area contributed by atoms with E-state index in [0.717, 1.165) is 11.4 Å². The van der Waals surface area contributed by atoms with Crippen molar-refractivity contribution in [3.05, 3.63) is 158 Å². The standard InChI is InChI=1S/C40H27NS/c1-3-10-28(11-4-1)33-15-7-14-30-20-21-31(26-37(30)33)27-22-24-32(25-23-27)41-38-19-9-18-36-35-17-8-16-34(39(35)42-40(36)38)29-12-5-2-6-13-29/h1-26,41H. The molecule has 0 fully saturated rings. The summed E-state index contributed by atoms with van der Waals surface area (Å²) in [5, 5.41) is 8.84. The van der Waals surface area contributed by atoms with Gasteiger partial charge in [0.2, 0.25) is 0 Å². The zero-order chi connectivity index (χ0) is 27.9. The van der Waals surface area contributed by atoms with E-state index in [1.54, 1.807) is 0 Å². The van der Waals surface area contributed by atoms with Crippen molar-refractivity contribution in [3.8, 4) is 33.4 Å². The molecule has 0 aliphatic heterocycles. The minimum atomic E-state index is 1.08. The van der Waals surface area contributed by atoms with Gasteiger partial charge in [-0.05, 0) is 68.4 Å². The third-order valence-electron chi connectivity index (χ3n) is 8.07. The lowest BCUT2D eigenvalue weighted by Gasteiger charge is -2.11. The van der Waals surface area contributed by atoms with Crippen molar-refractivity contribution < 1.29 is 0 Å². The number of rotatable bonds is 5. The molecule has 1 aromatic heterocycles. The molecule has 1 nitrogen and oxygen atoms in total. The lowest BCUT2D eigenvalue weighted by molar-refractivity contribution is 1.57. The Hall–Kier alpha value is -5.18. The smallest absolute Gasteiger partial charge is 0.0590 e. The third-order valence-corrected chi connectivity index (χ3v) is 9.36. The second-order valence-corrected chi connectivity index (χ2v) is 11.7. The molecule has 0 saturated carbocycles. The molecule has 1 N–H and O–H groups in total. The summed E-state index contributed by atoms with van der Waals surface area (Å²) in [6, 6.07) is 56.7. The molecule has 2 heteroatoms. The van der Waals surface area contributed by atoms with Gasteiger partial charge in [0.15, 0.2) is 0 Å². The van der Waals surface area contributed by atoms with Crippen LogP contribution in [0.1, 0.15) is 0 Å². The van der Waals surface area contributed by atoms with Crippen LogP contribution in [0.2, 0.25) is 0 Å². The van der Waals surface area contributed by atoms with E-state index >= 15 is 0 Å². The normalized spacial score (nSPS) is 11.3. The number of nitrogens with one attached hydrogen (secondary N) is 1. The number of anilines is 2. The van der Waals surface area contributed by atoms with E-state index in [9.17, 15) is 0 Å². The summed E-state index contributed by atoms with van der Waals surface area (Å²) in [6.07, 6.45) is 0. The summed E-state index contributed by atoms with van der Waals surface area (Å²) in [6.45, 7) is 0. The zero-order valence-corrected chi connectivity index (χ0v) is 23.7. The van der Waals surface area contributed by atoms with Gasteiger partial charge in [0.1, 0.15) is 0 Å². The average molecular weight is 554 g/mol. The van der Waals surface area contributed by atoms with Crippen molar-refractivity contribution in [2.45, 2.75) is 0 Å². The van der Waals surface area contributed by atoms with Crippen molar-refractivity contribution in [2.75, 3.05) is 5.32 Å². The van der Waals surface area contributed by atoms with Gasteiger partial charge in [0.05, 0.1) is 10.4 Å². The number of hydrogen-bond donors (Lipinski definition) is 1. The molecule has 8 rings (SSSR count). The number of thiophene rings is 1. The first-order valence-electron chi connectivity index (χ1n) is 14.3. The molecule has 0 unspecified atom stereocenters. The average Bonchev–Trinajstić information content (AvgIpc) is 3.45. The topological polar surface area (TPSA) is 12.0 Å². The maximum atomic E-state index is 3.72. The largest absolute Gasteiger partial charge is 0.354 e. The first-order chi connectivity index (χ1) is 20.8. The molecule has 42 heavy (non-hydrogen) atoms. The first-order valence-corrected chi connectivity index (χ1v) is 15.1. The maximum Gasteiger partial charge on any atom is 0.0590 e.